The Kier molecular flexibility index (Phi) is 5.22. The van der Waals surface area contributed by atoms with Gasteiger partial charge in [0.2, 0.25) is 0 Å². The van der Waals surface area contributed by atoms with Gasteiger partial charge in [-0.05, 0) is 38.1 Å². The third kappa shape index (κ3) is 3.29. The molecule has 4 heteroatoms. The SMILES string of the molecule is CCN1CCCC1CN(C)c1cccc(F)c1CBr. The standard InChI is InChI=1S/C15H22BrFN2/c1-3-19-9-5-6-12(19)11-18(2)15-8-4-7-14(17)13(15)10-16/h4,7-8,12H,3,5-6,9-11H2,1-2H3. The van der Waals surface area contributed by atoms with E-state index in [0.717, 1.165) is 24.3 Å². The van der Waals surface area contributed by atoms with E-state index in [1.165, 1.54) is 25.5 Å². The van der Waals surface area contributed by atoms with Crippen molar-refractivity contribution in [3.05, 3.63) is 29.6 Å². The number of alkyl halides is 1. The van der Waals surface area contributed by atoms with Crippen molar-refractivity contribution in [3.63, 3.8) is 0 Å². The number of hydrogen-bond acceptors (Lipinski definition) is 2. The lowest BCUT2D eigenvalue weighted by Crippen LogP contribution is -2.39. The Balaban J connectivity index is 2.11. The molecule has 0 aromatic heterocycles. The maximum Gasteiger partial charge on any atom is 0.129 e. The predicted octanol–water partition coefficient (Wildman–Crippen LogP) is 3.64. The third-order valence-electron chi connectivity index (χ3n) is 4.03. The Morgan fingerprint density at radius 3 is 2.95 bits per heavy atom. The van der Waals surface area contributed by atoms with Crippen molar-refractivity contribution in [2.24, 2.45) is 0 Å². The van der Waals surface area contributed by atoms with Crippen molar-refractivity contribution < 1.29 is 4.39 Å². The normalized spacial score (nSPS) is 19.9. The lowest BCUT2D eigenvalue weighted by atomic mass is 10.1. The molecule has 0 radical (unpaired) electrons. The molecular formula is C15H22BrFN2. The van der Waals surface area contributed by atoms with E-state index in [2.05, 4.69) is 39.7 Å². The summed E-state index contributed by atoms with van der Waals surface area (Å²) in [4.78, 5) is 4.71. The van der Waals surface area contributed by atoms with E-state index in [0.29, 0.717) is 11.4 Å². The molecule has 106 valence electrons. The molecule has 1 unspecified atom stereocenters. The van der Waals surface area contributed by atoms with Crippen LogP contribution in [0.3, 0.4) is 0 Å². The lowest BCUT2D eigenvalue weighted by Gasteiger charge is -2.30. The number of anilines is 1. The van der Waals surface area contributed by atoms with Gasteiger partial charge in [-0.1, -0.05) is 28.9 Å². The number of nitrogens with zero attached hydrogens (tertiary/aromatic N) is 2. The maximum absolute atomic E-state index is 13.8. The van der Waals surface area contributed by atoms with Gasteiger partial charge >= 0.3 is 0 Å². The molecule has 1 atom stereocenters. The smallest absolute Gasteiger partial charge is 0.129 e. The highest BCUT2D eigenvalue weighted by Crippen LogP contribution is 2.26. The topological polar surface area (TPSA) is 6.48 Å². The summed E-state index contributed by atoms with van der Waals surface area (Å²) < 4.78 is 13.8. The summed E-state index contributed by atoms with van der Waals surface area (Å²) in [6.45, 7) is 5.48. The van der Waals surface area contributed by atoms with E-state index in [9.17, 15) is 4.39 Å². The number of halogens is 2. The summed E-state index contributed by atoms with van der Waals surface area (Å²) in [5.41, 5.74) is 1.76. The molecule has 0 saturated carbocycles. The van der Waals surface area contributed by atoms with Gasteiger partial charge in [0, 0.05) is 36.2 Å². The van der Waals surface area contributed by atoms with Crippen molar-refractivity contribution >= 4 is 21.6 Å². The first-order valence-corrected chi connectivity index (χ1v) is 8.08. The molecule has 19 heavy (non-hydrogen) atoms. The Morgan fingerprint density at radius 2 is 2.26 bits per heavy atom. The number of likely N-dealkylation sites (tertiary alicyclic amines) is 1. The van der Waals surface area contributed by atoms with Crippen LogP contribution in [0.5, 0.6) is 0 Å². The summed E-state index contributed by atoms with van der Waals surface area (Å²) in [5.74, 6) is -0.125. The number of hydrogen-bond donors (Lipinski definition) is 0. The van der Waals surface area contributed by atoms with E-state index in [-0.39, 0.29) is 5.82 Å². The minimum absolute atomic E-state index is 0.125. The first-order valence-electron chi connectivity index (χ1n) is 6.96. The lowest BCUT2D eigenvalue weighted by molar-refractivity contribution is 0.270. The van der Waals surface area contributed by atoms with Gasteiger partial charge in [-0.15, -0.1) is 0 Å². The van der Waals surface area contributed by atoms with Crippen molar-refractivity contribution in [3.8, 4) is 0 Å². The second kappa shape index (κ2) is 6.71. The van der Waals surface area contributed by atoms with Crippen LogP contribution in [0.15, 0.2) is 18.2 Å². The van der Waals surface area contributed by atoms with Crippen LogP contribution in [-0.2, 0) is 5.33 Å². The van der Waals surface area contributed by atoms with E-state index < -0.39 is 0 Å². The molecular weight excluding hydrogens is 307 g/mol. The van der Waals surface area contributed by atoms with Gasteiger partial charge in [0.1, 0.15) is 5.82 Å². The second-order valence-corrected chi connectivity index (χ2v) is 5.74. The molecule has 2 nitrogen and oxygen atoms in total. The fourth-order valence-electron chi connectivity index (χ4n) is 2.97. The fraction of sp³-hybridized carbons (Fsp3) is 0.600. The monoisotopic (exact) mass is 328 g/mol. The van der Waals surface area contributed by atoms with Crippen LogP contribution in [0.25, 0.3) is 0 Å². The van der Waals surface area contributed by atoms with Crippen molar-refractivity contribution in [1.29, 1.82) is 0 Å². The fourth-order valence-corrected chi connectivity index (χ4v) is 3.52. The minimum atomic E-state index is -0.125. The van der Waals surface area contributed by atoms with E-state index >= 15 is 0 Å². The van der Waals surface area contributed by atoms with Crippen LogP contribution in [-0.4, -0.2) is 37.6 Å². The Hall–Kier alpha value is -0.610. The van der Waals surface area contributed by atoms with Crippen LogP contribution in [0, 0.1) is 5.82 Å². The predicted molar refractivity (Wildman–Crippen MR) is 82.6 cm³/mol. The van der Waals surface area contributed by atoms with E-state index in [4.69, 9.17) is 0 Å². The first kappa shape index (κ1) is 14.8. The molecule has 1 aliphatic heterocycles. The summed E-state index contributed by atoms with van der Waals surface area (Å²) >= 11 is 3.39. The van der Waals surface area contributed by atoms with Crippen molar-refractivity contribution in [2.75, 3.05) is 31.6 Å². The molecule has 0 N–H and O–H groups in total. The summed E-state index contributed by atoms with van der Waals surface area (Å²) in [7, 11) is 2.06. The molecule has 2 rings (SSSR count). The average molecular weight is 329 g/mol. The van der Waals surface area contributed by atoms with Crippen LogP contribution < -0.4 is 4.90 Å². The van der Waals surface area contributed by atoms with Gasteiger partial charge < -0.3 is 4.90 Å². The zero-order valence-electron chi connectivity index (χ0n) is 11.7. The molecule has 1 fully saturated rings. The van der Waals surface area contributed by atoms with Crippen molar-refractivity contribution in [1.82, 2.24) is 4.90 Å². The third-order valence-corrected chi connectivity index (χ3v) is 4.59. The van der Waals surface area contributed by atoms with E-state index in [1.807, 2.05) is 6.07 Å². The van der Waals surface area contributed by atoms with Gasteiger partial charge in [-0.25, -0.2) is 4.39 Å². The largest absolute Gasteiger partial charge is 0.373 e. The molecule has 0 spiro atoms. The quantitative estimate of drug-likeness (QED) is 0.761. The molecule has 1 aromatic rings. The highest BCUT2D eigenvalue weighted by Gasteiger charge is 2.24. The molecule has 0 bridgehead atoms. The number of likely N-dealkylation sites (N-methyl/N-ethyl adjacent to an activating group) is 2. The minimum Gasteiger partial charge on any atom is -0.373 e. The highest BCUT2D eigenvalue weighted by atomic mass is 79.9. The molecule has 0 aliphatic carbocycles. The highest BCUT2D eigenvalue weighted by molar-refractivity contribution is 9.08. The average Bonchev–Trinajstić information content (AvgIpc) is 2.85. The number of rotatable bonds is 5. The number of benzene rings is 1. The zero-order chi connectivity index (χ0) is 13.8. The first-order chi connectivity index (χ1) is 9.17. The van der Waals surface area contributed by atoms with Gasteiger partial charge in [-0.2, -0.15) is 0 Å². The second-order valence-electron chi connectivity index (χ2n) is 5.18. The molecule has 1 aliphatic rings. The Bertz CT molecular complexity index is 425. The molecule has 1 aromatic carbocycles. The Morgan fingerprint density at radius 1 is 1.47 bits per heavy atom. The maximum atomic E-state index is 13.8. The molecule has 1 heterocycles. The van der Waals surface area contributed by atoms with Crippen LogP contribution >= 0.6 is 15.9 Å². The van der Waals surface area contributed by atoms with Crippen LogP contribution in [0.1, 0.15) is 25.3 Å². The molecule has 1 saturated heterocycles. The van der Waals surface area contributed by atoms with Gasteiger partial charge in [0.05, 0.1) is 0 Å². The summed E-state index contributed by atoms with van der Waals surface area (Å²) in [5, 5.41) is 0.557. The summed E-state index contributed by atoms with van der Waals surface area (Å²) in [6, 6.07) is 5.92. The van der Waals surface area contributed by atoms with Gasteiger partial charge in [0.15, 0.2) is 0 Å². The van der Waals surface area contributed by atoms with Crippen LogP contribution in [0.2, 0.25) is 0 Å². The van der Waals surface area contributed by atoms with Gasteiger partial charge in [0.25, 0.3) is 0 Å². The van der Waals surface area contributed by atoms with Gasteiger partial charge in [-0.3, -0.25) is 4.90 Å². The van der Waals surface area contributed by atoms with E-state index in [1.54, 1.807) is 6.07 Å². The summed E-state index contributed by atoms with van der Waals surface area (Å²) in [6.07, 6.45) is 2.53. The molecule has 0 amide bonds. The van der Waals surface area contributed by atoms with Crippen molar-refractivity contribution in [2.45, 2.75) is 31.1 Å². The Labute approximate surface area is 123 Å². The van der Waals surface area contributed by atoms with Crippen LogP contribution in [0.4, 0.5) is 10.1 Å². The zero-order valence-corrected chi connectivity index (χ0v) is 13.3.